The molecule has 1 aromatic heterocycles. The van der Waals surface area contributed by atoms with E-state index in [4.69, 9.17) is 4.42 Å². The molecule has 26 heavy (non-hydrogen) atoms. The molecule has 1 amide bonds. The number of nitriles is 1. The summed E-state index contributed by atoms with van der Waals surface area (Å²) in [6.45, 7) is 1.95. The second-order valence-corrected chi connectivity index (χ2v) is 5.70. The summed E-state index contributed by atoms with van der Waals surface area (Å²) in [4.78, 5) is 12.3. The highest BCUT2D eigenvalue weighted by Crippen LogP contribution is 2.24. The van der Waals surface area contributed by atoms with Gasteiger partial charge < -0.3 is 9.73 Å². The van der Waals surface area contributed by atoms with Crippen LogP contribution in [0, 0.1) is 24.1 Å². The Labute approximate surface area is 150 Å². The second-order valence-electron chi connectivity index (χ2n) is 5.70. The van der Waals surface area contributed by atoms with Crippen LogP contribution in [0.5, 0.6) is 0 Å². The molecule has 128 valence electrons. The summed E-state index contributed by atoms with van der Waals surface area (Å²) < 4.78 is 18.6. The van der Waals surface area contributed by atoms with Crippen LogP contribution in [-0.4, -0.2) is 5.91 Å². The van der Waals surface area contributed by atoms with Crippen LogP contribution >= 0.6 is 0 Å². The molecule has 5 heteroatoms. The Morgan fingerprint density at radius 2 is 1.77 bits per heavy atom. The van der Waals surface area contributed by atoms with E-state index >= 15 is 0 Å². The van der Waals surface area contributed by atoms with E-state index in [1.165, 1.54) is 18.2 Å². The van der Waals surface area contributed by atoms with E-state index in [1.807, 2.05) is 25.1 Å². The predicted octanol–water partition coefficient (Wildman–Crippen LogP) is 4.94. The number of rotatable bonds is 4. The fourth-order valence-corrected chi connectivity index (χ4v) is 2.33. The van der Waals surface area contributed by atoms with Crippen LogP contribution in [0.3, 0.4) is 0 Å². The average molecular weight is 346 g/mol. The average Bonchev–Trinajstić information content (AvgIpc) is 3.11. The van der Waals surface area contributed by atoms with Gasteiger partial charge in [0.15, 0.2) is 0 Å². The van der Waals surface area contributed by atoms with Crippen LogP contribution in [0.4, 0.5) is 10.1 Å². The van der Waals surface area contributed by atoms with E-state index < -0.39 is 5.91 Å². The van der Waals surface area contributed by atoms with E-state index in [-0.39, 0.29) is 11.4 Å². The lowest BCUT2D eigenvalue weighted by atomic mass is 10.2. The molecular weight excluding hydrogens is 331 g/mol. The Kier molecular flexibility index (Phi) is 4.95. The molecule has 1 N–H and O–H groups in total. The molecule has 0 radical (unpaired) electrons. The van der Waals surface area contributed by atoms with E-state index in [2.05, 4.69) is 5.32 Å². The summed E-state index contributed by atoms with van der Waals surface area (Å²) >= 11 is 0. The van der Waals surface area contributed by atoms with Gasteiger partial charge in [0.05, 0.1) is 0 Å². The lowest BCUT2D eigenvalue weighted by Crippen LogP contribution is -2.13. The molecule has 4 nitrogen and oxygen atoms in total. The summed E-state index contributed by atoms with van der Waals surface area (Å²) in [5, 5.41) is 11.9. The maximum Gasteiger partial charge on any atom is 0.266 e. The first-order valence-electron chi connectivity index (χ1n) is 7.91. The monoisotopic (exact) mass is 346 g/mol. The van der Waals surface area contributed by atoms with Crippen molar-refractivity contribution in [1.82, 2.24) is 0 Å². The van der Waals surface area contributed by atoms with Gasteiger partial charge in [-0.25, -0.2) is 4.39 Å². The number of nitrogens with zero attached hydrogens (tertiary/aromatic N) is 1. The SMILES string of the molecule is Cc1ccc(NC(=O)/C(C#N)=C\c2ccc(-c3ccc(F)cc3)o2)cc1. The minimum absolute atomic E-state index is 0.0782. The zero-order valence-corrected chi connectivity index (χ0v) is 14.0. The molecule has 0 atom stereocenters. The maximum atomic E-state index is 13.0. The first-order chi connectivity index (χ1) is 12.5. The summed E-state index contributed by atoms with van der Waals surface area (Å²) in [5.74, 6) is 0.0310. The van der Waals surface area contributed by atoms with Gasteiger partial charge in [-0.15, -0.1) is 0 Å². The van der Waals surface area contributed by atoms with E-state index in [9.17, 15) is 14.4 Å². The normalized spacial score (nSPS) is 11.0. The number of amides is 1. The van der Waals surface area contributed by atoms with Gasteiger partial charge in [-0.1, -0.05) is 17.7 Å². The van der Waals surface area contributed by atoms with Crippen LogP contribution in [-0.2, 0) is 4.79 Å². The summed E-state index contributed by atoms with van der Waals surface area (Å²) in [5.41, 5.74) is 2.30. The minimum atomic E-state index is -0.518. The molecule has 0 aliphatic rings. The first-order valence-corrected chi connectivity index (χ1v) is 7.91. The molecule has 0 spiro atoms. The smallest absolute Gasteiger partial charge is 0.266 e. The van der Waals surface area contributed by atoms with Gasteiger partial charge in [-0.3, -0.25) is 4.79 Å². The van der Waals surface area contributed by atoms with Gasteiger partial charge in [0, 0.05) is 17.3 Å². The number of benzene rings is 2. The number of nitrogens with one attached hydrogen (secondary N) is 1. The van der Waals surface area contributed by atoms with Crippen LogP contribution in [0.1, 0.15) is 11.3 Å². The van der Waals surface area contributed by atoms with Crippen molar-refractivity contribution in [3.63, 3.8) is 0 Å². The number of halogens is 1. The highest BCUT2D eigenvalue weighted by molar-refractivity contribution is 6.09. The molecule has 0 saturated carbocycles. The van der Waals surface area contributed by atoms with Crippen molar-refractivity contribution in [3.8, 4) is 17.4 Å². The third-order valence-electron chi connectivity index (χ3n) is 3.72. The lowest BCUT2D eigenvalue weighted by Gasteiger charge is -2.04. The van der Waals surface area contributed by atoms with Gasteiger partial charge in [0.1, 0.15) is 29.0 Å². The fraction of sp³-hybridized carbons (Fsp3) is 0.0476. The summed E-state index contributed by atoms with van der Waals surface area (Å²) in [6, 6.07) is 18.4. The number of carbonyl (C=O) groups is 1. The maximum absolute atomic E-state index is 13.0. The second kappa shape index (κ2) is 7.49. The van der Waals surface area contributed by atoms with Crippen LogP contribution in [0.25, 0.3) is 17.4 Å². The highest BCUT2D eigenvalue weighted by Gasteiger charge is 2.11. The standard InChI is InChI=1S/C21H15FN2O2/c1-14-2-8-18(9-3-14)24-21(25)16(13-23)12-19-10-11-20(26-19)15-4-6-17(22)7-5-15/h2-12H,1H3,(H,24,25)/b16-12-. The highest BCUT2D eigenvalue weighted by atomic mass is 19.1. The topological polar surface area (TPSA) is 66.0 Å². The van der Waals surface area contributed by atoms with E-state index in [0.29, 0.717) is 22.8 Å². The molecule has 0 bridgehead atoms. The zero-order chi connectivity index (χ0) is 18.5. The quantitative estimate of drug-likeness (QED) is 0.537. The Hall–Kier alpha value is -3.65. The predicted molar refractivity (Wildman–Crippen MR) is 97.5 cm³/mol. The van der Waals surface area contributed by atoms with Gasteiger partial charge >= 0.3 is 0 Å². The van der Waals surface area contributed by atoms with Crippen molar-refractivity contribution < 1.29 is 13.6 Å². The Balaban J connectivity index is 1.78. The Bertz CT molecular complexity index is 994. The van der Waals surface area contributed by atoms with Crippen molar-refractivity contribution in [1.29, 1.82) is 5.26 Å². The molecule has 0 saturated heterocycles. The minimum Gasteiger partial charge on any atom is -0.457 e. The summed E-state index contributed by atoms with van der Waals surface area (Å²) in [7, 11) is 0. The molecule has 2 aromatic carbocycles. The number of hydrogen-bond donors (Lipinski definition) is 1. The number of aryl methyl sites for hydroxylation is 1. The Morgan fingerprint density at radius 1 is 1.08 bits per heavy atom. The largest absolute Gasteiger partial charge is 0.457 e. The van der Waals surface area contributed by atoms with Crippen LogP contribution < -0.4 is 5.32 Å². The zero-order valence-electron chi connectivity index (χ0n) is 14.0. The molecule has 3 aromatic rings. The van der Waals surface area contributed by atoms with Crippen LogP contribution in [0.2, 0.25) is 0 Å². The van der Waals surface area contributed by atoms with Gasteiger partial charge in [-0.2, -0.15) is 5.26 Å². The molecule has 0 aliphatic heterocycles. The summed E-state index contributed by atoms with van der Waals surface area (Å²) in [6.07, 6.45) is 1.37. The number of furan rings is 1. The molecule has 1 heterocycles. The van der Waals surface area contributed by atoms with Crippen molar-refractivity contribution >= 4 is 17.7 Å². The number of anilines is 1. The van der Waals surface area contributed by atoms with Gasteiger partial charge in [0.25, 0.3) is 5.91 Å². The first kappa shape index (κ1) is 17.2. The van der Waals surface area contributed by atoms with Gasteiger partial charge in [0.2, 0.25) is 0 Å². The molecular formula is C21H15FN2O2. The lowest BCUT2D eigenvalue weighted by molar-refractivity contribution is -0.112. The Morgan fingerprint density at radius 3 is 2.42 bits per heavy atom. The van der Waals surface area contributed by atoms with Gasteiger partial charge in [-0.05, 0) is 55.5 Å². The van der Waals surface area contributed by atoms with E-state index in [0.717, 1.165) is 5.56 Å². The molecule has 0 unspecified atom stereocenters. The van der Waals surface area contributed by atoms with Crippen molar-refractivity contribution in [2.45, 2.75) is 6.92 Å². The third kappa shape index (κ3) is 4.05. The van der Waals surface area contributed by atoms with Crippen LogP contribution in [0.15, 0.2) is 70.7 Å². The van der Waals surface area contributed by atoms with Crippen molar-refractivity contribution in [3.05, 3.63) is 83.4 Å². The number of carbonyl (C=O) groups excluding carboxylic acids is 1. The molecule has 0 aliphatic carbocycles. The third-order valence-corrected chi connectivity index (χ3v) is 3.72. The van der Waals surface area contributed by atoms with Crippen molar-refractivity contribution in [2.24, 2.45) is 0 Å². The molecule has 3 rings (SSSR count). The fourth-order valence-electron chi connectivity index (χ4n) is 2.33. The van der Waals surface area contributed by atoms with Crippen molar-refractivity contribution in [2.75, 3.05) is 5.32 Å². The molecule has 0 fully saturated rings. The van der Waals surface area contributed by atoms with E-state index in [1.54, 1.807) is 36.4 Å². The number of hydrogen-bond acceptors (Lipinski definition) is 3.